The third-order valence-corrected chi connectivity index (χ3v) is 5.50. The van der Waals surface area contributed by atoms with Crippen molar-refractivity contribution in [3.63, 3.8) is 0 Å². The summed E-state index contributed by atoms with van der Waals surface area (Å²) in [6.45, 7) is 1.81. The van der Waals surface area contributed by atoms with Gasteiger partial charge in [-0.05, 0) is 42.1 Å². The number of rotatable bonds is 4. The van der Waals surface area contributed by atoms with Gasteiger partial charge in [-0.25, -0.2) is 9.59 Å². The number of carbonyl (C=O) groups excluding carboxylic acids is 2. The smallest absolute Gasteiger partial charge is 0.366 e. The number of benzene rings is 3. The summed E-state index contributed by atoms with van der Waals surface area (Å²) in [5, 5.41) is 21.7. The van der Waals surface area contributed by atoms with Gasteiger partial charge in [-0.2, -0.15) is 0 Å². The molecule has 0 aliphatic heterocycles. The molecule has 34 heavy (non-hydrogen) atoms. The maximum Gasteiger partial charge on any atom is 0.366 e. The van der Waals surface area contributed by atoms with E-state index in [0.717, 1.165) is 10.8 Å². The largest absolute Gasteiger partial charge is 0.492 e. The first kappa shape index (κ1) is 21.0. The summed E-state index contributed by atoms with van der Waals surface area (Å²) < 4.78 is 6.12. The summed E-state index contributed by atoms with van der Waals surface area (Å²) >= 11 is 0. The zero-order valence-electron chi connectivity index (χ0n) is 17.9. The highest BCUT2D eigenvalue weighted by Gasteiger charge is 2.20. The number of esters is 1. The maximum atomic E-state index is 12.9. The predicted octanol–water partition coefficient (Wildman–Crippen LogP) is 4.40. The van der Waals surface area contributed by atoms with Gasteiger partial charge in [0.2, 0.25) is 11.8 Å². The Balaban J connectivity index is 1.59. The molecule has 3 aromatic carbocycles. The molecule has 0 fully saturated rings. The van der Waals surface area contributed by atoms with Crippen molar-refractivity contribution in [1.82, 2.24) is 9.71 Å². The topological polar surface area (TPSA) is 111 Å². The maximum absolute atomic E-state index is 12.9. The minimum atomic E-state index is -0.823. The number of aromatic hydroxyl groups is 2. The molecule has 0 bridgehead atoms. The highest BCUT2D eigenvalue weighted by Crippen LogP contribution is 2.31. The monoisotopic (exact) mass is 454 g/mol. The Morgan fingerprint density at radius 2 is 1.56 bits per heavy atom. The van der Waals surface area contributed by atoms with E-state index in [2.05, 4.69) is 4.98 Å². The second-order valence-corrected chi connectivity index (χ2v) is 7.59. The van der Waals surface area contributed by atoms with Crippen LogP contribution in [0.25, 0.3) is 21.7 Å². The van der Waals surface area contributed by atoms with Gasteiger partial charge in [-0.15, -0.1) is 4.73 Å². The third kappa shape index (κ3) is 3.57. The van der Waals surface area contributed by atoms with E-state index in [0.29, 0.717) is 32.5 Å². The average Bonchev–Trinajstić information content (AvgIpc) is 3.16. The molecule has 0 amide bonds. The van der Waals surface area contributed by atoms with E-state index >= 15 is 0 Å². The Labute approximate surface area is 193 Å². The fourth-order valence-corrected chi connectivity index (χ4v) is 3.88. The lowest BCUT2D eigenvalue weighted by Gasteiger charge is -2.13. The van der Waals surface area contributed by atoms with Crippen molar-refractivity contribution >= 4 is 33.6 Å². The molecule has 8 heteroatoms. The van der Waals surface area contributed by atoms with E-state index < -0.39 is 23.7 Å². The first-order chi connectivity index (χ1) is 16.4. The normalized spacial score (nSPS) is 11.0. The standard InChI is InChI=1S/C26H18N2O6/c1-15-18(25(31)33-17-6-3-2-4-7-17)11-10-16-14-27-24-19(23(15)16)8-5-9-20(24)26(32)34-28-21(29)12-13-22(28)30/h2-14,29-30H,1H3. The average molecular weight is 454 g/mol. The molecule has 0 spiro atoms. The van der Waals surface area contributed by atoms with Crippen molar-refractivity contribution < 1.29 is 29.4 Å². The van der Waals surface area contributed by atoms with Gasteiger partial charge in [0, 0.05) is 29.1 Å². The summed E-state index contributed by atoms with van der Waals surface area (Å²) in [7, 11) is 0. The van der Waals surface area contributed by atoms with Crippen molar-refractivity contribution in [3.8, 4) is 17.5 Å². The molecule has 5 aromatic rings. The van der Waals surface area contributed by atoms with Crippen molar-refractivity contribution in [1.29, 1.82) is 0 Å². The van der Waals surface area contributed by atoms with E-state index in [1.165, 1.54) is 18.2 Å². The highest BCUT2D eigenvalue weighted by molar-refractivity contribution is 6.15. The lowest BCUT2D eigenvalue weighted by molar-refractivity contribution is 0.0383. The van der Waals surface area contributed by atoms with Gasteiger partial charge in [-0.3, -0.25) is 4.98 Å². The van der Waals surface area contributed by atoms with Crippen molar-refractivity contribution in [2.75, 3.05) is 0 Å². The SMILES string of the molecule is Cc1c(C(=O)Oc2ccccc2)ccc2cnc3c(C(=O)On4c(O)ccc4O)cccc3c12. The summed E-state index contributed by atoms with van der Waals surface area (Å²) in [6, 6.07) is 19.6. The van der Waals surface area contributed by atoms with Crippen LogP contribution < -0.4 is 9.57 Å². The Bertz CT molecular complexity index is 1550. The van der Waals surface area contributed by atoms with Crippen LogP contribution in [-0.2, 0) is 0 Å². The quantitative estimate of drug-likeness (QED) is 0.235. The number of para-hydroxylation sites is 2. The van der Waals surface area contributed by atoms with Crippen molar-refractivity contribution in [3.05, 3.63) is 95.7 Å². The zero-order chi connectivity index (χ0) is 23.8. The minimum absolute atomic E-state index is 0.128. The van der Waals surface area contributed by atoms with Crippen LogP contribution in [0.1, 0.15) is 26.3 Å². The van der Waals surface area contributed by atoms with E-state index in [1.54, 1.807) is 54.7 Å². The first-order valence-electron chi connectivity index (χ1n) is 10.3. The number of fused-ring (bicyclic) bond motifs is 3. The van der Waals surface area contributed by atoms with Crippen LogP contribution in [0, 0.1) is 6.92 Å². The number of ether oxygens (including phenoxy) is 1. The number of carbonyl (C=O) groups is 2. The van der Waals surface area contributed by atoms with Gasteiger partial charge < -0.3 is 19.8 Å². The van der Waals surface area contributed by atoms with Crippen LogP contribution in [0.2, 0.25) is 0 Å². The molecule has 0 atom stereocenters. The van der Waals surface area contributed by atoms with Gasteiger partial charge in [0.15, 0.2) is 0 Å². The Morgan fingerprint density at radius 3 is 2.29 bits per heavy atom. The number of hydrogen-bond donors (Lipinski definition) is 2. The molecule has 8 nitrogen and oxygen atoms in total. The number of pyridine rings is 1. The van der Waals surface area contributed by atoms with Crippen LogP contribution in [0.5, 0.6) is 17.5 Å². The van der Waals surface area contributed by atoms with Crippen LogP contribution in [-0.4, -0.2) is 31.9 Å². The van der Waals surface area contributed by atoms with Gasteiger partial charge in [0.25, 0.3) is 0 Å². The third-order valence-electron chi connectivity index (χ3n) is 5.50. The Hall–Kier alpha value is -4.85. The summed E-state index contributed by atoms with van der Waals surface area (Å²) in [4.78, 5) is 35.3. The van der Waals surface area contributed by atoms with Crippen LogP contribution >= 0.6 is 0 Å². The van der Waals surface area contributed by atoms with Crippen LogP contribution in [0.3, 0.4) is 0 Å². The van der Waals surface area contributed by atoms with Crippen LogP contribution in [0.4, 0.5) is 0 Å². The summed E-state index contributed by atoms with van der Waals surface area (Å²) in [6.07, 6.45) is 1.61. The number of aromatic nitrogens is 2. The first-order valence-corrected chi connectivity index (χ1v) is 10.3. The van der Waals surface area contributed by atoms with E-state index in [9.17, 15) is 19.8 Å². The van der Waals surface area contributed by atoms with Gasteiger partial charge >= 0.3 is 11.9 Å². The van der Waals surface area contributed by atoms with E-state index in [-0.39, 0.29) is 5.56 Å². The molecule has 0 aliphatic rings. The van der Waals surface area contributed by atoms with Gasteiger partial charge in [-0.1, -0.05) is 36.4 Å². The predicted molar refractivity (Wildman–Crippen MR) is 124 cm³/mol. The Morgan fingerprint density at radius 1 is 0.824 bits per heavy atom. The Kier molecular flexibility index (Phi) is 5.10. The second kappa shape index (κ2) is 8.25. The number of hydrogen-bond acceptors (Lipinski definition) is 7. The molecule has 0 saturated heterocycles. The molecular formula is C26H18N2O6. The van der Waals surface area contributed by atoms with E-state index in [1.807, 2.05) is 13.0 Å². The summed E-state index contributed by atoms with van der Waals surface area (Å²) in [5.41, 5.74) is 1.54. The highest BCUT2D eigenvalue weighted by atomic mass is 16.7. The van der Waals surface area contributed by atoms with Crippen molar-refractivity contribution in [2.24, 2.45) is 0 Å². The molecule has 0 radical (unpaired) electrons. The van der Waals surface area contributed by atoms with Crippen molar-refractivity contribution in [2.45, 2.75) is 6.92 Å². The molecule has 0 aliphatic carbocycles. The molecule has 2 aromatic heterocycles. The molecule has 0 unspecified atom stereocenters. The van der Waals surface area contributed by atoms with Gasteiger partial charge in [0.05, 0.1) is 16.6 Å². The fraction of sp³-hybridized carbons (Fsp3) is 0.0385. The number of nitrogens with zero attached hydrogens (tertiary/aromatic N) is 2. The lowest BCUT2D eigenvalue weighted by Crippen LogP contribution is -2.19. The number of aryl methyl sites for hydroxylation is 1. The molecule has 168 valence electrons. The van der Waals surface area contributed by atoms with Gasteiger partial charge in [0.1, 0.15) is 5.75 Å². The fourth-order valence-electron chi connectivity index (χ4n) is 3.88. The summed E-state index contributed by atoms with van der Waals surface area (Å²) in [5.74, 6) is -1.74. The molecule has 5 rings (SSSR count). The minimum Gasteiger partial charge on any atom is -0.492 e. The van der Waals surface area contributed by atoms with Crippen LogP contribution in [0.15, 0.2) is 79.0 Å². The van der Waals surface area contributed by atoms with E-state index in [4.69, 9.17) is 9.57 Å². The molecule has 0 saturated carbocycles. The molecule has 2 heterocycles. The second-order valence-electron chi connectivity index (χ2n) is 7.59. The lowest BCUT2D eigenvalue weighted by atomic mass is 9.96. The molecule has 2 N–H and O–H groups in total. The zero-order valence-corrected chi connectivity index (χ0v) is 17.9. The molecular weight excluding hydrogens is 436 g/mol.